The number of ether oxygens (including phenoxy) is 1. The Labute approximate surface area is 166 Å². The molecule has 2 amide bonds. The van der Waals surface area contributed by atoms with Crippen molar-refractivity contribution in [2.75, 3.05) is 20.7 Å². The number of aromatic nitrogens is 1. The lowest BCUT2D eigenvalue weighted by Crippen LogP contribution is -2.47. The number of likely N-dealkylation sites (N-methyl/N-ethyl adjacent to an activating group) is 1. The third-order valence-electron chi connectivity index (χ3n) is 6.44. The van der Waals surface area contributed by atoms with Crippen LogP contribution in [0.5, 0.6) is 5.88 Å². The van der Waals surface area contributed by atoms with Gasteiger partial charge < -0.3 is 15.0 Å². The maximum atomic E-state index is 12.9. The van der Waals surface area contributed by atoms with Gasteiger partial charge in [-0.1, -0.05) is 19.3 Å². The minimum atomic E-state index is -0.0818. The van der Waals surface area contributed by atoms with E-state index in [9.17, 15) is 9.59 Å². The third-order valence-corrected chi connectivity index (χ3v) is 6.44. The molecule has 0 bridgehead atoms. The van der Waals surface area contributed by atoms with Crippen LogP contribution >= 0.6 is 0 Å². The van der Waals surface area contributed by atoms with Gasteiger partial charge in [-0.15, -0.1) is 0 Å². The predicted molar refractivity (Wildman–Crippen MR) is 105 cm³/mol. The maximum Gasteiger partial charge on any atom is 0.256 e. The molecule has 1 aromatic rings. The monoisotopic (exact) mass is 386 g/mol. The number of rotatable bonds is 5. The zero-order valence-corrected chi connectivity index (χ0v) is 16.9. The van der Waals surface area contributed by atoms with Crippen LogP contribution in [0.2, 0.25) is 0 Å². The number of carbonyl (C=O) groups excluding carboxylic acids is 2. The Balaban J connectivity index is 1.48. The fraction of sp³-hybridized carbons (Fsp3) is 0.667. The highest BCUT2D eigenvalue weighted by atomic mass is 16.5. The van der Waals surface area contributed by atoms with Crippen molar-refractivity contribution in [3.05, 3.63) is 22.9 Å². The van der Waals surface area contributed by atoms with Gasteiger partial charge in [0.1, 0.15) is 0 Å². The van der Waals surface area contributed by atoms with Gasteiger partial charge in [0.25, 0.3) is 5.91 Å². The Kier molecular flexibility index (Phi) is 5.53. The van der Waals surface area contributed by atoms with E-state index in [1.807, 2.05) is 18.0 Å². The van der Waals surface area contributed by atoms with Crippen molar-refractivity contribution in [3.63, 3.8) is 0 Å². The summed E-state index contributed by atoms with van der Waals surface area (Å²) in [6, 6.07) is 2.11. The molecule has 1 saturated carbocycles. The average molecular weight is 386 g/mol. The molecule has 1 N–H and O–H groups in total. The number of nitrogens with zero attached hydrogens (tertiary/aromatic N) is 3. The first-order chi connectivity index (χ1) is 13.6. The lowest BCUT2D eigenvalue weighted by molar-refractivity contribution is -0.127. The quantitative estimate of drug-likeness (QED) is 0.839. The molecule has 0 radical (unpaired) electrons. The molecule has 0 aromatic carbocycles. The molecule has 1 atom stereocenters. The van der Waals surface area contributed by atoms with Crippen LogP contribution in [0, 0.1) is 0 Å². The van der Waals surface area contributed by atoms with Crippen LogP contribution in [-0.2, 0) is 17.9 Å². The minimum absolute atomic E-state index is 0.0312. The Hall–Kier alpha value is -2.15. The summed E-state index contributed by atoms with van der Waals surface area (Å²) in [4.78, 5) is 34.2. The van der Waals surface area contributed by atoms with E-state index in [2.05, 4.69) is 15.2 Å². The van der Waals surface area contributed by atoms with Crippen LogP contribution < -0.4 is 10.1 Å². The third kappa shape index (κ3) is 3.60. The molecule has 152 valence electrons. The van der Waals surface area contributed by atoms with Crippen molar-refractivity contribution < 1.29 is 14.3 Å². The molecule has 3 aliphatic rings. The van der Waals surface area contributed by atoms with Gasteiger partial charge in [-0.05, 0) is 45.3 Å². The molecule has 1 aromatic heterocycles. The number of piperidine rings is 1. The average Bonchev–Trinajstić information content (AvgIpc) is 3.34. The highest BCUT2D eigenvalue weighted by Gasteiger charge is 2.36. The van der Waals surface area contributed by atoms with E-state index >= 15 is 0 Å². The van der Waals surface area contributed by atoms with Crippen LogP contribution in [0.4, 0.5) is 0 Å². The van der Waals surface area contributed by atoms with Crippen molar-refractivity contribution in [1.29, 1.82) is 0 Å². The molecule has 7 heteroatoms. The summed E-state index contributed by atoms with van der Waals surface area (Å²) in [5, 5.41) is 3.02. The summed E-state index contributed by atoms with van der Waals surface area (Å²) in [7, 11) is 3.58. The summed E-state index contributed by atoms with van der Waals surface area (Å²) < 4.78 is 5.46. The molecule has 28 heavy (non-hydrogen) atoms. The lowest BCUT2D eigenvalue weighted by atomic mass is 10.0. The van der Waals surface area contributed by atoms with Gasteiger partial charge in [0.15, 0.2) is 0 Å². The predicted octanol–water partition coefficient (Wildman–Crippen LogP) is 2.09. The molecule has 1 saturated heterocycles. The van der Waals surface area contributed by atoms with E-state index in [0.29, 0.717) is 30.6 Å². The SMILES string of the molecule is COc1nc2c(cc1CNC(=O)C1CCCCN1C)C(=O)N(C1CCCC1)C2. The summed E-state index contributed by atoms with van der Waals surface area (Å²) in [6.07, 6.45) is 7.64. The summed E-state index contributed by atoms with van der Waals surface area (Å²) in [5.41, 5.74) is 2.21. The van der Waals surface area contributed by atoms with E-state index in [-0.39, 0.29) is 17.9 Å². The topological polar surface area (TPSA) is 74.8 Å². The first kappa shape index (κ1) is 19.2. The number of hydrogen-bond donors (Lipinski definition) is 1. The van der Waals surface area contributed by atoms with Crippen LogP contribution in [0.25, 0.3) is 0 Å². The second-order valence-electron chi connectivity index (χ2n) is 8.23. The highest BCUT2D eigenvalue weighted by Crippen LogP contribution is 2.33. The van der Waals surface area contributed by atoms with Crippen molar-refractivity contribution in [2.45, 2.75) is 70.1 Å². The highest BCUT2D eigenvalue weighted by molar-refractivity contribution is 5.98. The van der Waals surface area contributed by atoms with E-state index < -0.39 is 0 Å². The number of likely N-dealkylation sites (tertiary alicyclic amines) is 1. The van der Waals surface area contributed by atoms with E-state index in [1.54, 1.807) is 7.11 Å². The van der Waals surface area contributed by atoms with E-state index in [1.165, 1.54) is 12.8 Å². The second-order valence-corrected chi connectivity index (χ2v) is 8.23. The molecule has 3 heterocycles. The smallest absolute Gasteiger partial charge is 0.256 e. The number of nitrogens with one attached hydrogen (secondary N) is 1. The Bertz CT molecular complexity index is 760. The lowest BCUT2D eigenvalue weighted by Gasteiger charge is -2.31. The minimum Gasteiger partial charge on any atom is -0.481 e. The standard InChI is InChI=1S/C21H30N4O3/c1-24-10-6-5-9-18(24)19(26)22-12-14-11-16-17(23-20(14)28-2)13-25(21(16)27)15-7-3-4-8-15/h11,15,18H,3-10,12-13H2,1-2H3,(H,22,26). The second kappa shape index (κ2) is 8.07. The van der Waals surface area contributed by atoms with Gasteiger partial charge in [-0.3, -0.25) is 14.5 Å². The first-order valence-corrected chi connectivity index (χ1v) is 10.4. The fourth-order valence-corrected chi connectivity index (χ4v) is 4.79. The summed E-state index contributed by atoms with van der Waals surface area (Å²) in [6.45, 7) is 1.84. The molecule has 2 fully saturated rings. The van der Waals surface area contributed by atoms with E-state index in [0.717, 1.165) is 49.9 Å². The molecule has 7 nitrogen and oxygen atoms in total. The molecule has 2 aliphatic heterocycles. The molecular formula is C21H30N4O3. The molecular weight excluding hydrogens is 356 g/mol. The maximum absolute atomic E-state index is 12.9. The normalized spacial score (nSPS) is 23.1. The summed E-state index contributed by atoms with van der Waals surface area (Å²) in [5.74, 6) is 0.595. The van der Waals surface area contributed by atoms with Gasteiger partial charge in [-0.2, -0.15) is 0 Å². The number of methoxy groups -OCH3 is 1. The van der Waals surface area contributed by atoms with Crippen LogP contribution in [0.3, 0.4) is 0 Å². The van der Waals surface area contributed by atoms with Gasteiger partial charge >= 0.3 is 0 Å². The Morgan fingerprint density at radius 1 is 1.25 bits per heavy atom. The van der Waals surface area contributed by atoms with Gasteiger partial charge in [-0.25, -0.2) is 4.98 Å². The molecule has 4 rings (SSSR count). The van der Waals surface area contributed by atoms with Crippen LogP contribution in [-0.4, -0.2) is 59.4 Å². The van der Waals surface area contributed by atoms with E-state index in [4.69, 9.17) is 4.74 Å². The first-order valence-electron chi connectivity index (χ1n) is 10.4. The number of hydrogen-bond acceptors (Lipinski definition) is 5. The fourth-order valence-electron chi connectivity index (χ4n) is 4.79. The number of carbonyl (C=O) groups is 2. The Morgan fingerprint density at radius 2 is 2.00 bits per heavy atom. The molecule has 0 spiro atoms. The van der Waals surface area contributed by atoms with Gasteiger partial charge in [0, 0.05) is 18.2 Å². The van der Waals surface area contributed by atoms with Gasteiger partial charge in [0.2, 0.25) is 11.8 Å². The van der Waals surface area contributed by atoms with Crippen molar-refractivity contribution >= 4 is 11.8 Å². The Morgan fingerprint density at radius 3 is 2.71 bits per heavy atom. The zero-order valence-electron chi connectivity index (χ0n) is 16.9. The van der Waals surface area contributed by atoms with Crippen molar-refractivity contribution in [3.8, 4) is 5.88 Å². The number of amides is 2. The van der Waals surface area contributed by atoms with Crippen LogP contribution in [0.15, 0.2) is 6.07 Å². The number of pyridine rings is 1. The van der Waals surface area contributed by atoms with Crippen molar-refractivity contribution in [1.82, 2.24) is 20.1 Å². The summed E-state index contributed by atoms with van der Waals surface area (Å²) >= 11 is 0. The largest absolute Gasteiger partial charge is 0.481 e. The van der Waals surface area contributed by atoms with Crippen molar-refractivity contribution in [2.24, 2.45) is 0 Å². The van der Waals surface area contributed by atoms with Crippen LogP contribution in [0.1, 0.15) is 66.6 Å². The molecule has 1 aliphatic carbocycles. The molecule has 1 unspecified atom stereocenters. The zero-order chi connectivity index (χ0) is 19.7. The number of fused-ring (bicyclic) bond motifs is 1. The van der Waals surface area contributed by atoms with Gasteiger partial charge in [0.05, 0.1) is 31.0 Å².